The first-order valence-corrected chi connectivity index (χ1v) is 6.82. The minimum absolute atomic E-state index is 0.0556. The third-order valence-corrected chi connectivity index (χ3v) is 4.12. The second-order valence-corrected chi connectivity index (χ2v) is 5.59. The third kappa shape index (κ3) is 3.29. The lowest BCUT2D eigenvalue weighted by Gasteiger charge is -2.32. The average molecular weight is 353 g/mol. The molecule has 2 unspecified atom stereocenters. The lowest BCUT2D eigenvalue weighted by atomic mass is 9.88. The molecule has 1 aliphatic rings. The summed E-state index contributed by atoms with van der Waals surface area (Å²) in [6.07, 6.45) is -4.20. The van der Waals surface area contributed by atoms with Gasteiger partial charge in [-0.2, -0.15) is 13.2 Å². The molecule has 2 atom stereocenters. The number of benzene rings is 1. The summed E-state index contributed by atoms with van der Waals surface area (Å²) in [5.74, 6) is -1.34. The Labute approximate surface area is 121 Å². The summed E-state index contributed by atoms with van der Waals surface area (Å²) in [5, 5.41) is 13.7. The lowest BCUT2D eigenvalue weighted by molar-refractivity contribution is -0.384. The van der Waals surface area contributed by atoms with E-state index in [2.05, 4.69) is 21.2 Å². The Morgan fingerprint density at radius 2 is 2.10 bits per heavy atom. The van der Waals surface area contributed by atoms with E-state index in [4.69, 9.17) is 0 Å². The van der Waals surface area contributed by atoms with Gasteiger partial charge in [0.25, 0.3) is 5.69 Å². The van der Waals surface area contributed by atoms with Crippen molar-refractivity contribution in [2.24, 2.45) is 5.92 Å². The van der Waals surface area contributed by atoms with Gasteiger partial charge in [-0.15, -0.1) is 0 Å². The Kier molecular flexibility index (Phi) is 4.33. The number of nitro groups is 1. The molecule has 2 rings (SSSR count). The fourth-order valence-corrected chi connectivity index (χ4v) is 3.01. The molecule has 1 saturated heterocycles. The number of piperidine rings is 1. The van der Waals surface area contributed by atoms with Crippen LogP contribution in [-0.4, -0.2) is 17.6 Å². The maximum atomic E-state index is 12.8. The van der Waals surface area contributed by atoms with Gasteiger partial charge in [-0.1, -0.05) is 15.9 Å². The van der Waals surface area contributed by atoms with Crippen LogP contribution < -0.4 is 5.32 Å². The van der Waals surface area contributed by atoms with Crippen molar-refractivity contribution in [3.8, 4) is 0 Å². The van der Waals surface area contributed by atoms with Crippen molar-refractivity contribution in [1.82, 2.24) is 5.32 Å². The first kappa shape index (κ1) is 15.2. The highest BCUT2D eigenvalue weighted by molar-refractivity contribution is 9.10. The smallest absolute Gasteiger partial charge is 0.310 e. The number of nitrogens with zero attached hydrogens (tertiary/aromatic N) is 1. The lowest BCUT2D eigenvalue weighted by Crippen LogP contribution is -2.38. The Balaban J connectivity index is 2.21. The zero-order valence-corrected chi connectivity index (χ0v) is 11.9. The highest BCUT2D eigenvalue weighted by Crippen LogP contribution is 2.40. The van der Waals surface area contributed by atoms with Crippen molar-refractivity contribution in [1.29, 1.82) is 0 Å². The van der Waals surface area contributed by atoms with E-state index in [1.165, 1.54) is 18.2 Å². The summed E-state index contributed by atoms with van der Waals surface area (Å²) in [5.41, 5.74) is 0.522. The van der Waals surface area contributed by atoms with Gasteiger partial charge in [0.2, 0.25) is 0 Å². The van der Waals surface area contributed by atoms with E-state index in [1.807, 2.05) is 0 Å². The van der Waals surface area contributed by atoms with Crippen molar-refractivity contribution < 1.29 is 18.1 Å². The molecular weight excluding hydrogens is 341 g/mol. The predicted octanol–water partition coefficient (Wildman–Crippen LogP) is 3.96. The van der Waals surface area contributed by atoms with Gasteiger partial charge in [-0.05, 0) is 31.0 Å². The summed E-state index contributed by atoms with van der Waals surface area (Å²) >= 11 is 3.20. The second kappa shape index (κ2) is 5.69. The van der Waals surface area contributed by atoms with E-state index < -0.39 is 23.1 Å². The first-order chi connectivity index (χ1) is 9.29. The van der Waals surface area contributed by atoms with Gasteiger partial charge in [0.15, 0.2) is 0 Å². The first-order valence-electron chi connectivity index (χ1n) is 6.03. The number of non-ortho nitro benzene ring substituents is 1. The Hall–Kier alpha value is -1.15. The summed E-state index contributed by atoms with van der Waals surface area (Å²) in [7, 11) is 0. The molecule has 1 fully saturated rings. The molecule has 1 aromatic carbocycles. The maximum absolute atomic E-state index is 12.8. The molecule has 1 aromatic rings. The summed E-state index contributed by atoms with van der Waals surface area (Å²) < 4.78 is 38.8. The van der Waals surface area contributed by atoms with Gasteiger partial charge in [0.1, 0.15) is 0 Å². The summed E-state index contributed by atoms with van der Waals surface area (Å²) in [4.78, 5) is 10.1. The molecule has 0 bridgehead atoms. The monoisotopic (exact) mass is 352 g/mol. The van der Waals surface area contributed by atoms with Crippen LogP contribution in [-0.2, 0) is 0 Å². The minimum Gasteiger partial charge on any atom is -0.310 e. The summed E-state index contributed by atoms with van der Waals surface area (Å²) in [6, 6.07) is 3.66. The largest absolute Gasteiger partial charge is 0.391 e. The van der Waals surface area contributed by atoms with Gasteiger partial charge < -0.3 is 5.32 Å². The van der Waals surface area contributed by atoms with E-state index in [1.54, 1.807) is 0 Å². The number of hydrogen-bond acceptors (Lipinski definition) is 3. The number of nitro benzene ring substituents is 1. The van der Waals surface area contributed by atoms with Crippen molar-refractivity contribution in [3.63, 3.8) is 0 Å². The topological polar surface area (TPSA) is 55.2 Å². The molecule has 0 amide bonds. The average Bonchev–Trinajstić information content (AvgIpc) is 2.37. The van der Waals surface area contributed by atoms with Crippen LogP contribution in [0.25, 0.3) is 0 Å². The van der Waals surface area contributed by atoms with Gasteiger partial charge in [-0.25, -0.2) is 0 Å². The predicted molar refractivity (Wildman–Crippen MR) is 70.3 cm³/mol. The van der Waals surface area contributed by atoms with Crippen LogP contribution >= 0.6 is 15.9 Å². The van der Waals surface area contributed by atoms with E-state index in [0.29, 0.717) is 10.0 Å². The van der Waals surface area contributed by atoms with Gasteiger partial charge in [0, 0.05) is 22.6 Å². The Bertz CT molecular complexity index is 522. The van der Waals surface area contributed by atoms with Crippen LogP contribution in [0, 0.1) is 16.0 Å². The van der Waals surface area contributed by atoms with Crippen molar-refractivity contribution >= 4 is 21.6 Å². The SMILES string of the molecule is O=[N+]([O-])c1ccc(C2CC(C(F)(F)F)CCN2)c(Br)c1. The number of hydrogen-bond donors (Lipinski definition) is 1. The Morgan fingerprint density at radius 3 is 2.65 bits per heavy atom. The van der Waals surface area contributed by atoms with Gasteiger partial charge in [0.05, 0.1) is 10.8 Å². The Morgan fingerprint density at radius 1 is 1.40 bits per heavy atom. The molecule has 4 nitrogen and oxygen atoms in total. The van der Waals surface area contributed by atoms with Gasteiger partial charge in [-0.3, -0.25) is 10.1 Å². The molecule has 20 heavy (non-hydrogen) atoms. The van der Waals surface area contributed by atoms with Crippen LogP contribution in [0.15, 0.2) is 22.7 Å². The number of alkyl halides is 3. The fraction of sp³-hybridized carbons (Fsp3) is 0.500. The maximum Gasteiger partial charge on any atom is 0.391 e. The van der Waals surface area contributed by atoms with Crippen molar-refractivity contribution in [2.45, 2.75) is 25.1 Å². The molecular formula is C12H12BrF3N2O2. The molecule has 8 heteroatoms. The summed E-state index contributed by atoms with van der Waals surface area (Å²) in [6.45, 7) is 0.276. The van der Waals surface area contributed by atoms with Crippen LogP contribution in [0.5, 0.6) is 0 Å². The standard InChI is InChI=1S/C12H12BrF3N2O2/c13-10-6-8(18(19)20)1-2-9(10)11-5-7(3-4-17-11)12(14,15)16/h1-2,6-7,11,17H,3-5H2. The van der Waals surface area contributed by atoms with Crippen LogP contribution in [0.3, 0.4) is 0 Å². The molecule has 0 spiro atoms. The van der Waals surface area contributed by atoms with Crippen molar-refractivity contribution in [3.05, 3.63) is 38.3 Å². The molecule has 0 aliphatic carbocycles. The molecule has 0 saturated carbocycles. The molecule has 110 valence electrons. The molecule has 1 heterocycles. The van der Waals surface area contributed by atoms with E-state index in [0.717, 1.165) is 0 Å². The second-order valence-electron chi connectivity index (χ2n) is 4.73. The normalized spacial score (nSPS) is 23.6. The molecule has 1 aliphatic heterocycles. The highest BCUT2D eigenvalue weighted by Gasteiger charge is 2.42. The number of rotatable bonds is 2. The van der Waals surface area contributed by atoms with Crippen LogP contribution in [0.1, 0.15) is 24.4 Å². The molecule has 1 N–H and O–H groups in total. The van der Waals surface area contributed by atoms with Crippen LogP contribution in [0.2, 0.25) is 0 Å². The van der Waals surface area contributed by atoms with E-state index >= 15 is 0 Å². The fourth-order valence-electron chi connectivity index (χ4n) is 2.36. The molecule has 0 radical (unpaired) electrons. The van der Waals surface area contributed by atoms with E-state index in [-0.39, 0.29) is 25.1 Å². The zero-order chi connectivity index (χ0) is 14.9. The van der Waals surface area contributed by atoms with Crippen molar-refractivity contribution in [2.75, 3.05) is 6.54 Å². The minimum atomic E-state index is -4.20. The van der Waals surface area contributed by atoms with Gasteiger partial charge >= 0.3 is 6.18 Å². The van der Waals surface area contributed by atoms with Crippen LogP contribution in [0.4, 0.5) is 18.9 Å². The number of halogens is 4. The van der Waals surface area contributed by atoms with E-state index in [9.17, 15) is 23.3 Å². The highest BCUT2D eigenvalue weighted by atomic mass is 79.9. The third-order valence-electron chi connectivity index (χ3n) is 3.44. The number of nitrogens with one attached hydrogen (secondary N) is 1. The molecule has 0 aromatic heterocycles. The quantitative estimate of drug-likeness (QED) is 0.647. The zero-order valence-electron chi connectivity index (χ0n) is 10.3.